The minimum absolute atomic E-state index is 0.217. The molecule has 2 nitrogen and oxygen atoms in total. The summed E-state index contributed by atoms with van der Waals surface area (Å²) in [4.78, 5) is 10.8. The highest BCUT2D eigenvalue weighted by molar-refractivity contribution is 5.79. The molecule has 0 fully saturated rings. The second-order valence-corrected chi connectivity index (χ2v) is 4.96. The number of carbonyl (C=O) groups excluding carboxylic acids is 1. The molecule has 2 aromatic carbocycles. The number of ether oxygens (including phenoxy) is 1. The zero-order chi connectivity index (χ0) is 18.8. The molecule has 25 heavy (non-hydrogen) atoms. The minimum atomic E-state index is -4.89. The second kappa shape index (κ2) is 6.73. The van der Waals surface area contributed by atoms with E-state index in [0.29, 0.717) is 18.2 Å². The minimum Gasteiger partial charge on any atom is -0.488 e. The lowest BCUT2D eigenvalue weighted by Crippen LogP contribution is -2.14. The molecule has 0 aliphatic rings. The van der Waals surface area contributed by atoms with Crippen LogP contribution in [0.15, 0.2) is 36.4 Å². The Morgan fingerprint density at radius 2 is 1.60 bits per heavy atom. The molecule has 0 atom stereocenters. The van der Waals surface area contributed by atoms with Gasteiger partial charge < -0.3 is 4.74 Å². The van der Waals surface area contributed by atoms with Crippen molar-refractivity contribution >= 4 is 6.29 Å². The van der Waals surface area contributed by atoms with Crippen LogP contribution < -0.4 is 4.74 Å². The SMILES string of the molecule is O=Cc1cc(F)ccc1OCc1cc(C(F)(F)F)ccc1C(F)(F)F. The summed E-state index contributed by atoms with van der Waals surface area (Å²) in [5, 5.41) is 0. The van der Waals surface area contributed by atoms with Gasteiger partial charge >= 0.3 is 12.4 Å². The van der Waals surface area contributed by atoms with Gasteiger partial charge in [-0.15, -0.1) is 0 Å². The molecule has 0 amide bonds. The van der Waals surface area contributed by atoms with Gasteiger partial charge in [0.05, 0.1) is 16.7 Å². The molecule has 0 aromatic heterocycles. The Morgan fingerprint density at radius 3 is 2.16 bits per heavy atom. The van der Waals surface area contributed by atoms with E-state index >= 15 is 0 Å². The van der Waals surface area contributed by atoms with Crippen molar-refractivity contribution in [2.45, 2.75) is 19.0 Å². The van der Waals surface area contributed by atoms with E-state index in [4.69, 9.17) is 4.74 Å². The Balaban J connectivity index is 2.38. The number of hydrogen-bond donors (Lipinski definition) is 0. The highest BCUT2D eigenvalue weighted by atomic mass is 19.4. The molecule has 0 unspecified atom stereocenters. The number of carbonyl (C=O) groups is 1. The smallest absolute Gasteiger partial charge is 0.416 e. The molecule has 0 spiro atoms. The molecule has 134 valence electrons. The van der Waals surface area contributed by atoms with E-state index in [-0.39, 0.29) is 17.6 Å². The molecule has 9 heteroatoms. The normalized spacial score (nSPS) is 12.1. The van der Waals surface area contributed by atoms with Crippen molar-refractivity contribution in [3.05, 3.63) is 64.5 Å². The standard InChI is InChI=1S/C16H9F7O2/c17-12-2-4-14(9(6-12)7-24)25-8-10-5-11(15(18,19)20)1-3-13(10)16(21,22)23/h1-7H,8H2. The van der Waals surface area contributed by atoms with Crippen molar-refractivity contribution in [1.29, 1.82) is 0 Å². The second-order valence-electron chi connectivity index (χ2n) is 4.96. The van der Waals surface area contributed by atoms with Crippen LogP contribution >= 0.6 is 0 Å². The van der Waals surface area contributed by atoms with Gasteiger partial charge in [-0.2, -0.15) is 26.3 Å². The number of hydrogen-bond acceptors (Lipinski definition) is 2. The van der Waals surface area contributed by atoms with Crippen molar-refractivity contribution in [3.63, 3.8) is 0 Å². The third-order valence-corrected chi connectivity index (χ3v) is 3.22. The number of benzene rings is 2. The first-order valence-electron chi connectivity index (χ1n) is 6.67. The van der Waals surface area contributed by atoms with E-state index in [1.807, 2.05) is 0 Å². The van der Waals surface area contributed by atoms with E-state index in [0.717, 1.165) is 18.2 Å². The zero-order valence-electron chi connectivity index (χ0n) is 12.2. The van der Waals surface area contributed by atoms with Crippen LogP contribution in [0.1, 0.15) is 27.0 Å². The number of halogens is 7. The monoisotopic (exact) mass is 366 g/mol. The van der Waals surface area contributed by atoms with E-state index in [2.05, 4.69) is 0 Å². The highest BCUT2D eigenvalue weighted by Crippen LogP contribution is 2.37. The van der Waals surface area contributed by atoms with Gasteiger partial charge in [0, 0.05) is 5.56 Å². The first kappa shape index (κ1) is 18.8. The molecule has 0 heterocycles. The van der Waals surface area contributed by atoms with E-state index in [1.165, 1.54) is 0 Å². The third kappa shape index (κ3) is 4.49. The van der Waals surface area contributed by atoms with Crippen LogP contribution in [0.5, 0.6) is 5.75 Å². The average molecular weight is 366 g/mol. The van der Waals surface area contributed by atoms with Crippen LogP contribution in [0.25, 0.3) is 0 Å². The summed E-state index contributed by atoms with van der Waals surface area (Å²) in [6, 6.07) is 3.65. The molecule has 2 rings (SSSR count). The van der Waals surface area contributed by atoms with Crippen LogP contribution in [0.2, 0.25) is 0 Å². The maximum Gasteiger partial charge on any atom is 0.416 e. The molecule has 0 saturated carbocycles. The van der Waals surface area contributed by atoms with Crippen molar-refractivity contribution in [1.82, 2.24) is 0 Å². The zero-order valence-corrected chi connectivity index (χ0v) is 12.2. The predicted molar refractivity (Wildman–Crippen MR) is 72.6 cm³/mol. The van der Waals surface area contributed by atoms with Gasteiger partial charge in [0.1, 0.15) is 18.2 Å². The van der Waals surface area contributed by atoms with E-state index < -0.39 is 41.5 Å². The fraction of sp³-hybridized carbons (Fsp3) is 0.188. The Kier molecular flexibility index (Phi) is 5.05. The lowest BCUT2D eigenvalue weighted by molar-refractivity contribution is -0.142. The summed E-state index contributed by atoms with van der Waals surface area (Å²) < 4.78 is 95.0. The summed E-state index contributed by atoms with van der Waals surface area (Å²) in [6.07, 6.45) is -9.50. The van der Waals surface area contributed by atoms with Crippen molar-refractivity contribution in [3.8, 4) is 5.75 Å². The Morgan fingerprint density at radius 1 is 0.920 bits per heavy atom. The largest absolute Gasteiger partial charge is 0.488 e. The Labute approximate surface area is 136 Å². The molecule has 0 saturated heterocycles. The van der Waals surface area contributed by atoms with Crippen molar-refractivity contribution in [2.75, 3.05) is 0 Å². The number of rotatable bonds is 4. The lowest BCUT2D eigenvalue weighted by Gasteiger charge is -2.16. The summed E-state index contributed by atoms with van der Waals surface area (Å²) in [7, 11) is 0. The molecule has 0 N–H and O–H groups in total. The number of alkyl halides is 6. The lowest BCUT2D eigenvalue weighted by atomic mass is 10.0. The maximum atomic E-state index is 13.0. The summed E-state index contributed by atoms with van der Waals surface area (Å²) >= 11 is 0. The molecule has 0 radical (unpaired) electrons. The average Bonchev–Trinajstić information content (AvgIpc) is 2.51. The molecular formula is C16H9F7O2. The first-order valence-corrected chi connectivity index (χ1v) is 6.67. The topological polar surface area (TPSA) is 26.3 Å². The van der Waals surface area contributed by atoms with Crippen LogP contribution in [-0.2, 0) is 19.0 Å². The third-order valence-electron chi connectivity index (χ3n) is 3.22. The van der Waals surface area contributed by atoms with Crippen LogP contribution in [0.4, 0.5) is 30.7 Å². The molecule has 0 bridgehead atoms. The fourth-order valence-electron chi connectivity index (χ4n) is 2.06. The van der Waals surface area contributed by atoms with Gasteiger partial charge in [0.25, 0.3) is 0 Å². The van der Waals surface area contributed by atoms with Gasteiger partial charge in [-0.25, -0.2) is 4.39 Å². The van der Waals surface area contributed by atoms with Gasteiger partial charge in [-0.3, -0.25) is 4.79 Å². The molecular weight excluding hydrogens is 357 g/mol. The van der Waals surface area contributed by atoms with E-state index in [9.17, 15) is 35.5 Å². The predicted octanol–water partition coefficient (Wildman–Crippen LogP) is 5.25. The van der Waals surface area contributed by atoms with Gasteiger partial charge in [-0.05, 0) is 36.4 Å². The van der Waals surface area contributed by atoms with Crippen molar-refractivity contribution in [2.24, 2.45) is 0 Å². The highest BCUT2D eigenvalue weighted by Gasteiger charge is 2.37. The Bertz CT molecular complexity index is 779. The van der Waals surface area contributed by atoms with Crippen molar-refractivity contribution < 1.29 is 40.3 Å². The quantitative estimate of drug-likeness (QED) is 0.545. The maximum absolute atomic E-state index is 13.0. The first-order chi connectivity index (χ1) is 11.5. The molecule has 0 aliphatic carbocycles. The summed E-state index contributed by atoms with van der Waals surface area (Å²) in [5.74, 6) is -1.02. The molecule has 2 aromatic rings. The van der Waals surface area contributed by atoms with E-state index in [1.54, 1.807) is 0 Å². The Hall–Kier alpha value is -2.58. The molecule has 0 aliphatic heterocycles. The van der Waals surface area contributed by atoms with Crippen LogP contribution in [-0.4, -0.2) is 6.29 Å². The summed E-state index contributed by atoms with van der Waals surface area (Å²) in [5.41, 5.74) is -3.60. The van der Waals surface area contributed by atoms with Gasteiger partial charge in [-0.1, -0.05) is 0 Å². The van der Waals surface area contributed by atoms with Crippen LogP contribution in [0, 0.1) is 5.82 Å². The van der Waals surface area contributed by atoms with Crippen LogP contribution in [0.3, 0.4) is 0 Å². The van der Waals surface area contributed by atoms with Gasteiger partial charge in [0.15, 0.2) is 6.29 Å². The van der Waals surface area contributed by atoms with Gasteiger partial charge in [0.2, 0.25) is 0 Å². The summed E-state index contributed by atoms with van der Waals surface area (Å²) in [6.45, 7) is -0.884. The fourth-order valence-corrected chi connectivity index (χ4v) is 2.06. The number of aldehydes is 1.